The average molecular weight is 272 g/mol. The van der Waals surface area contributed by atoms with Crippen LogP contribution in [-0.4, -0.2) is 29.7 Å². The quantitative estimate of drug-likeness (QED) is 0.781. The first-order valence-electron chi connectivity index (χ1n) is 6.95. The Kier molecular flexibility index (Phi) is 7.49. The number of hydrogen-bond donors (Lipinski definition) is 2. The molecule has 19 heavy (non-hydrogen) atoms. The smallest absolute Gasteiger partial charge is 0.408 e. The van der Waals surface area contributed by atoms with Crippen molar-refractivity contribution in [2.45, 2.75) is 78.5 Å². The second-order valence-corrected chi connectivity index (χ2v) is 5.92. The fraction of sp³-hybridized carbons (Fsp3) is 0.857. The van der Waals surface area contributed by atoms with Crippen LogP contribution < -0.4 is 10.6 Å². The van der Waals surface area contributed by atoms with E-state index in [0.717, 1.165) is 19.3 Å². The highest BCUT2D eigenvalue weighted by atomic mass is 16.6. The van der Waals surface area contributed by atoms with E-state index >= 15 is 0 Å². The van der Waals surface area contributed by atoms with Gasteiger partial charge in [-0.3, -0.25) is 4.79 Å². The van der Waals surface area contributed by atoms with E-state index < -0.39 is 17.7 Å². The van der Waals surface area contributed by atoms with Crippen molar-refractivity contribution in [2.24, 2.45) is 0 Å². The lowest BCUT2D eigenvalue weighted by Gasteiger charge is -2.22. The number of carbonyl (C=O) groups excluding carboxylic acids is 2. The number of carbonyl (C=O) groups is 2. The molecule has 112 valence electrons. The molecule has 2 atom stereocenters. The summed E-state index contributed by atoms with van der Waals surface area (Å²) in [7, 11) is 0. The molecule has 2 N–H and O–H groups in total. The molecule has 0 radical (unpaired) electrons. The second kappa shape index (κ2) is 8.02. The number of nitrogens with one attached hydrogen (secondary N) is 2. The van der Waals surface area contributed by atoms with Gasteiger partial charge >= 0.3 is 6.09 Å². The maximum absolute atomic E-state index is 11.8. The predicted octanol–water partition coefficient (Wildman–Crippen LogP) is 2.59. The first kappa shape index (κ1) is 17.7. The Morgan fingerprint density at radius 2 is 1.74 bits per heavy atom. The largest absolute Gasteiger partial charge is 0.444 e. The van der Waals surface area contributed by atoms with Crippen LogP contribution in [0.15, 0.2) is 0 Å². The Labute approximate surface area is 116 Å². The number of alkyl carbamates (subject to hydrolysis) is 1. The van der Waals surface area contributed by atoms with Gasteiger partial charge in [-0.15, -0.1) is 0 Å². The van der Waals surface area contributed by atoms with Gasteiger partial charge in [-0.25, -0.2) is 4.79 Å². The number of ether oxygens (including phenoxy) is 1. The molecule has 0 aliphatic rings. The summed E-state index contributed by atoms with van der Waals surface area (Å²) < 4.78 is 5.10. The summed E-state index contributed by atoms with van der Waals surface area (Å²) in [6.07, 6.45) is 2.55. The summed E-state index contributed by atoms with van der Waals surface area (Å²) in [6, 6.07) is -0.478. The van der Waals surface area contributed by atoms with E-state index in [0.29, 0.717) is 0 Å². The van der Waals surface area contributed by atoms with Crippen molar-refractivity contribution in [3.8, 4) is 0 Å². The van der Waals surface area contributed by atoms with E-state index in [1.165, 1.54) is 0 Å². The second-order valence-electron chi connectivity index (χ2n) is 5.92. The molecule has 2 unspecified atom stereocenters. The zero-order valence-corrected chi connectivity index (χ0v) is 13.0. The van der Waals surface area contributed by atoms with Crippen molar-refractivity contribution in [2.75, 3.05) is 0 Å². The molecule has 0 aromatic carbocycles. The molecule has 0 aliphatic heterocycles. The predicted molar refractivity (Wildman–Crippen MR) is 76.0 cm³/mol. The average Bonchev–Trinajstić information content (AvgIpc) is 2.23. The first-order chi connectivity index (χ1) is 8.65. The van der Waals surface area contributed by atoms with E-state index in [9.17, 15) is 9.59 Å². The van der Waals surface area contributed by atoms with Crippen LogP contribution in [0.5, 0.6) is 0 Å². The van der Waals surface area contributed by atoms with Crippen LogP contribution in [0.3, 0.4) is 0 Å². The fourth-order valence-electron chi connectivity index (χ4n) is 1.50. The van der Waals surface area contributed by atoms with Crippen LogP contribution in [-0.2, 0) is 9.53 Å². The van der Waals surface area contributed by atoms with Crippen LogP contribution >= 0.6 is 0 Å². The summed E-state index contributed by atoms with van der Waals surface area (Å²) in [6.45, 7) is 11.1. The van der Waals surface area contributed by atoms with Crippen molar-refractivity contribution in [3.05, 3.63) is 0 Å². The van der Waals surface area contributed by atoms with E-state index in [2.05, 4.69) is 17.6 Å². The molecule has 0 saturated heterocycles. The minimum atomic E-state index is -0.598. The van der Waals surface area contributed by atoms with Crippen LogP contribution in [0.4, 0.5) is 4.79 Å². The number of unbranched alkanes of at least 4 members (excludes halogenated alkanes) is 1. The highest BCUT2D eigenvalue weighted by Gasteiger charge is 2.21. The maximum Gasteiger partial charge on any atom is 0.408 e. The van der Waals surface area contributed by atoms with Crippen LogP contribution in [0, 0.1) is 0 Å². The molecular formula is C14H28N2O3. The van der Waals surface area contributed by atoms with Gasteiger partial charge in [0, 0.05) is 6.04 Å². The molecular weight excluding hydrogens is 244 g/mol. The van der Waals surface area contributed by atoms with Gasteiger partial charge in [0.2, 0.25) is 5.91 Å². The van der Waals surface area contributed by atoms with E-state index in [-0.39, 0.29) is 11.9 Å². The lowest BCUT2D eigenvalue weighted by molar-refractivity contribution is -0.123. The number of hydrogen-bond acceptors (Lipinski definition) is 3. The zero-order valence-electron chi connectivity index (χ0n) is 13.0. The molecule has 0 aromatic heterocycles. The monoisotopic (exact) mass is 272 g/mol. The summed E-state index contributed by atoms with van der Waals surface area (Å²) in [5.74, 6) is -0.186. The summed E-state index contributed by atoms with van der Waals surface area (Å²) in [4.78, 5) is 23.4. The molecule has 5 nitrogen and oxygen atoms in total. The van der Waals surface area contributed by atoms with Crippen molar-refractivity contribution in [1.82, 2.24) is 10.6 Å². The molecule has 0 rings (SSSR count). The topological polar surface area (TPSA) is 67.4 Å². The van der Waals surface area contributed by atoms with Gasteiger partial charge in [0.1, 0.15) is 11.6 Å². The lowest BCUT2D eigenvalue weighted by Crippen LogP contribution is -2.48. The van der Waals surface area contributed by atoms with Crippen molar-refractivity contribution in [3.63, 3.8) is 0 Å². The van der Waals surface area contributed by atoms with Gasteiger partial charge in [-0.2, -0.15) is 0 Å². The molecule has 0 heterocycles. The highest BCUT2D eigenvalue weighted by molar-refractivity contribution is 5.85. The zero-order chi connectivity index (χ0) is 15.1. The fourth-order valence-corrected chi connectivity index (χ4v) is 1.50. The Morgan fingerprint density at radius 1 is 1.16 bits per heavy atom. The molecule has 0 fully saturated rings. The molecule has 0 spiro atoms. The maximum atomic E-state index is 11.8. The number of rotatable bonds is 6. The summed E-state index contributed by atoms with van der Waals surface area (Å²) in [5.41, 5.74) is -0.561. The van der Waals surface area contributed by atoms with Gasteiger partial charge < -0.3 is 15.4 Å². The Balaban J connectivity index is 4.09. The van der Waals surface area contributed by atoms with Gasteiger partial charge in [0.15, 0.2) is 0 Å². The normalized spacial score (nSPS) is 14.4. The van der Waals surface area contributed by atoms with Crippen LogP contribution in [0.25, 0.3) is 0 Å². The van der Waals surface area contributed by atoms with Crippen molar-refractivity contribution in [1.29, 1.82) is 0 Å². The molecule has 0 aromatic rings. The molecule has 0 bridgehead atoms. The van der Waals surface area contributed by atoms with Gasteiger partial charge in [-0.05, 0) is 41.0 Å². The highest BCUT2D eigenvalue weighted by Crippen LogP contribution is 2.06. The Morgan fingerprint density at radius 3 is 2.21 bits per heavy atom. The minimum Gasteiger partial charge on any atom is -0.444 e. The third kappa shape index (κ3) is 9.33. The minimum absolute atomic E-state index is 0.121. The SMILES string of the molecule is CCCCC(C)NC(=O)C(C)NC(=O)OC(C)(C)C. The first-order valence-corrected chi connectivity index (χ1v) is 6.95. The Bertz CT molecular complexity index is 298. The third-order valence-corrected chi connectivity index (χ3v) is 2.51. The number of amides is 2. The molecule has 0 aliphatic carbocycles. The van der Waals surface area contributed by atoms with Gasteiger partial charge in [0.05, 0.1) is 0 Å². The van der Waals surface area contributed by atoms with E-state index in [1.807, 2.05) is 6.92 Å². The third-order valence-electron chi connectivity index (χ3n) is 2.51. The van der Waals surface area contributed by atoms with Crippen LogP contribution in [0.2, 0.25) is 0 Å². The standard InChI is InChI=1S/C14H28N2O3/c1-7-8-9-10(2)15-12(17)11(3)16-13(18)19-14(4,5)6/h10-11H,7-9H2,1-6H3,(H,15,17)(H,16,18). The summed E-state index contributed by atoms with van der Waals surface area (Å²) in [5, 5.41) is 5.40. The van der Waals surface area contributed by atoms with Gasteiger partial charge in [0.25, 0.3) is 0 Å². The van der Waals surface area contributed by atoms with E-state index in [4.69, 9.17) is 4.74 Å². The molecule has 5 heteroatoms. The van der Waals surface area contributed by atoms with Gasteiger partial charge in [-0.1, -0.05) is 19.8 Å². The summed E-state index contributed by atoms with van der Waals surface area (Å²) >= 11 is 0. The lowest BCUT2D eigenvalue weighted by atomic mass is 10.1. The van der Waals surface area contributed by atoms with Crippen LogP contribution in [0.1, 0.15) is 60.8 Å². The van der Waals surface area contributed by atoms with Crippen molar-refractivity contribution >= 4 is 12.0 Å². The van der Waals surface area contributed by atoms with E-state index in [1.54, 1.807) is 27.7 Å². The Hall–Kier alpha value is -1.26. The molecule has 0 saturated carbocycles. The molecule has 2 amide bonds. The van der Waals surface area contributed by atoms with Crippen molar-refractivity contribution < 1.29 is 14.3 Å².